The fourth-order valence-corrected chi connectivity index (χ4v) is 3.44. The van der Waals surface area contributed by atoms with Crippen LogP contribution in [0.5, 0.6) is 0 Å². The second-order valence-corrected chi connectivity index (χ2v) is 6.34. The minimum atomic E-state index is -0.398. The van der Waals surface area contributed by atoms with E-state index in [1.807, 2.05) is 30.3 Å². The van der Waals surface area contributed by atoms with E-state index >= 15 is 0 Å². The molecule has 0 spiro atoms. The van der Waals surface area contributed by atoms with E-state index in [-0.39, 0.29) is 6.04 Å². The van der Waals surface area contributed by atoms with Gasteiger partial charge in [0.15, 0.2) is 0 Å². The highest BCUT2D eigenvalue weighted by Gasteiger charge is 2.29. The van der Waals surface area contributed by atoms with Crippen molar-refractivity contribution >= 4 is 0 Å². The normalized spacial score (nSPS) is 26.4. The summed E-state index contributed by atoms with van der Waals surface area (Å²) < 4.78 is 0. The fraction of sp³-hybridized carbons (Fsp3) is 0.667. The van der Waals surface area contributed by atoms with Gasteiger partial charge in [-0.25, -0.2) is 0 Å². The zero-order valence-corrected chi connectivity index (χ0v) is 13.1. The van der Waals surface area contributed by atoms with Crippen LogP contribution in [-0.2, 0) is 0 Å². The van der Waals surface area contributed by atoms with Gasteiger partial charge in [0.2, 0.25) is 0 Å². The molecule has 1 saturated carbocycles. The first-order valence-electron chi connectivity index (χ1n) is 8.08. The number of hydrogen-bond donors (Lipinski definition) is 1. The van der Waals surface area contributed by atoms with Crippen LogP contribution in [0.15, 0.2) is 30.3 Å². The third-order valence-corrected chi connectivity index (χ3v) is 5.21. The third kappa shape index (κ3) is 3.62. The van der Waals surface area contributed by atoms with Crippen molar-refractivity contribution in [1.29, 1.82) is 0 Å². The van der Waals surface area contributed by atoms with Crippen molar-refractivity contribution in [2.75, 3.05) is 7.05 Å². The molecule has 2 nitrogen and oxygen atoms in total. The van der Waals surface area contributed by atoms with E-state index in [9.17, 15) is 5.11 Å². The highest BCUT2D eigenvalue weighted by Crippen LogP contribution is 2.31. The zero-order valence-electron chi connectivity index (χ0n) is 13.1. The predicted molar refractivity (Wildman–Crippen MR) is 84.7 cm³/mol. The SMILES string of the molecule is CCC1CCC(N(C)C(C)C(O)c2ccccc2)CC1. The summed E-state index contributed by atoms with van der Waals surface area (Å²) in [5.74, 6) is 0.925. The van der Waals surface area contributed by atoms with Crippen LogP contribution in [0, 0.1) is 5.92 Å². The highest BCUT2D eigenvalue weighted by atomic mass is 16.3. The summed E-state index contributed by atoms with van der Waals surface area (Å²) in [4.78, 5) is 2.39. The van der Waals surface area contributed by atoms with E-state index in [0.29, 0.717) is 6.04 Å². The Morgan fingerprint density at radius 2 is 1.75 bits per heavy atom. The Kier molecular flexibility index (Phi) is 5.62. The number of benzene rings is 1. The van der Waals surface area contributed by atoms with Gasteiger partial charge < -0.3 is 5.11 Å². The molecule has 2 unspecified atom stereocenters. The molecule has 0 heterocycles. The topological polar surface area (TPSA) is 23.5 Å². The smallest absolute Gasteiger partial charge is 0.0942 e. The molecule has 2 heteroatoms. The number of aliphatic hydroxyl groups excluding tert-OH is 1. The molecule has 0 saturated heterocycles. The van der Waals surface area contributed by atoms with Crippen LogP contribution in [0.3, 0.4) is 0 Å². The first-order chi connectivity index (χ1) is 9.63. The third-order valence-electron chi connectivity index (χ3n) is 5.21. The van der Waals surface area contributed by atoms with Crippen molar-refractivity contribution in [2.24, 2.45) is 5.92 Å². The van der Waals surface area contributed by atoms with E-state index in [4.69, 9.17) is 0 Å². The Morgan fingerprint density at radius 3 is 2.30 bits per heavy atom. The lowest BCUT2D eigenvalue weighted by molar-refractivity contribution is 0.0337. The summed E-state index contributed by atoms with van der Waals surface area (Å²) in [7, 11) is 2.17. The quantitative estimate of drug-likeness (QED) is 0.877. The van der Waals surface area contributed by atoms with Crippen molar-refractivity contribution in [3.8, 4) is 0 Å². The van der Waals surface area contributed by atoms with E-state index in [0.717, 1.165) is 11.5 Å². The molecular weight excluding hydrogens is 246 g/mol. The number of aliphatic hydroxyl groups is 1. The molecule has 0 aliphatic heterocycles. The average molecular weight is 275 g/mol. The summed E-state index contributed by atoms with van der Waals surface area (Å²) >= 11 is 0. The molecule has 1 aliphatic rings. The maximum atomic E-state index is 10.5. The van der Waals surface area contributed by atoms with E-state index in [1.54, 1.807) is 0 Å². The molecule has 112 valence electrons. The van der Waals surface area contributed by atoms with E-state index in [2.05, 4.69) is 25.8 Å². The highest BCUT2D eigenvalue weighted by molar-refractivity contribution is 5.18. The van der Waals surface area contributed by atoms with Crippen LogP contribution in [0.25, 0.3) is 0 Å². The minimum Gasteiger partial charge on any atom is -0.387 e. The van der Waals surface area contributed by atoms with Gasteiger partial charge in [-0.05, 0) is 51.1 Å². The Bertz CT molecular complexity index is 384. The molecule has 0 amide bonds. The van der Waals surface area contributed by atoms with E-state index in [1.165, 1.54) is 32.1 Å². The molecule has 1 aliphatic carbocycles. The number of rotatable bonds is 5. The fourth-order valence-electron chi connectivity index (χ4n) is 3.44. The molecule has 1 aromatic rings. The molecule has 2 rings (SSSR count). The van der Waals surface area contributed by atoms with Crippen LogP contribution < -0.4 is 0 Å². The Hall–Kier alpha value is -0.860. The Balaban J connectivity index is 1.93. The molecular formula is C18H29NO. The van der Waals surface area contributed by atoms with Gasteiger partial charge in [0.25, 0.3) is 0 Å². The van der Waals surface area contributed by atoms with Gasteiger partial charge >= 0.3 is 0 Å². The summed E-state index contributed by atoms with van der Waals surface area (Å²) in [6.07, 6.45) is 6.17. The number of nitrogens with zero attached hydrogens (tertiary/aromatic N) is 1. The van der Waals surface area contributed by atoms with Crippen molar-refractivity contribution in [3.05, 3.63) is 35.9 Å². The van der Waals surface area contributed by atoms with Crippen molar-refractivity contribution in [3.63, 3.8) is 0 Å². The van der Waals surface area contributed by atoms with Crippen molar-refractivity contribution in [1.82, 2.24) is 4.90 Å². The summed E-state index contributed by atoms with van der Waals surface area (Å²) in [5.41, 5.74) is 1.02. The summed E-state index contributed by atoms with van der Waals surface area (Å²) in [6, 6.07) is 10.8. The van der Waals surface area contributed by atoms with Gasteiger partial charge in [-0.3, -0.25) is 4.90 Å². The van der Waals surface area contributed by atoms with Crippen LogP contribution >= 0.6 is 0 Å². The van der Waals surface area contributed by atoms with Gasteiger partial charge in [0.05, 0.1) is 6.10 Å². The predicted octanol–water partition coefficient (Wildman–Crippen LogP) is 4.01. The van der Waals surface area contributed by atoms with Crippen LogP contribution in [0.4, 0.5) is 0 Å². The lowest BCUT2D eigenvalue weighted by Crippen LogP contribution is -2.43. The summed E-state index contributed by atoms with van der Waals surface area (Å²) in [5, 5.41) is 10.5. The van der Waals surface area contributed by atoms with Crippen molar-refractivity contribution < 1.29 is 5.11 Å². The van der Waals surface area contributed by atoms with Gasteiger partial charge in [0, 0.05) is 12.1 Å². The maximum Gasteiger partial charge on any atom is 0.0942 e. The molecule has 0 bridgehead atoms. The number of hydrogen-bond acceptors (Lipinski definition) is 2. The van der Waals surface area contributed by atoms with Gasteiger partial charge in [-0.1, -0.05) is 43.7 Å². The molecule has 1 aromatic carbocycles. The Morgan fingerprint density at radius 1 is 1.15 bits per heavy atom. The lowest BCUT2D eigenvalue weighted by Gasteiger charge is -2.39. The first kappa shape index (κ1) is 15.5. The van der Waals surface area contributed by atoms with Gasteiger partial charge in [0.1, 0.15) is 0 Å². The molecule has 1 N–H and O–H groups in total. The standard InChI is InChI=1S/C18H29NO/c1-4-15-10-12-17(13-11-15)19(3)14(2)18(20)16-8-6-5-7-9-16/h5-9,14-15,17-18,20H,4,10-13H2,1-3H3. The van der Waals surface area contributed by atoms with Gasteiger partial charge in [-0.2, -0.15) is 0 Å². The van der Waals surface area contributed by atoms with Crippen LogP contribution in [-0.4, -0.2) is 29.1 Å². The molecule has 0 radical (unpaired) electrons. The zero-order chi connectivity index (χ0) is 14.5. The lowest BCUT2D eigenvalue weighted by atomic mass is 9.83. The Labute approximate surface area is 123 Å². The monoisotopic (exact) mass is 275 g/mol. The second kappa shape index (κ2) is 7.24. The van der Waals surface area contributed by atoms with Crippen molar-refractivity contribution in [2.45, 2.75) is 64.1 Å². The second-order valence-electron chi connectivity index (χ2n) is 6.34. The average Bonchev–Trinajstić information content (AvgIpc) is 2.53. The van der Waals surface area contributed by atoms with E-state index < -0.39 is 6.10 Å². The maximum absolute atomic E-state index is 10.5. The van der Waals surface area contributed by atoms with Crippen LogP contribution in [0.1, 0.15) is 57.6 Å². The molecule has 20 heavy (non-hydrogen) atoms. The minimum absolute atomic E-state index is 0.167. The summed E-state index contributed by atoms with van der Waals surface area (Å²) in [6.45, 7) is 4.44. The molecule has 0 aromatic heterocycles. The van der Waals surface area contributed by atoms with Crippen LogP contribution in [0.2, 0.25) is 0 Å². The molecule has 2 atom stereocenters. The number of likely N-dealkylation sites (N-methyl/N-ethyl adjacent to an activating group) is 1. The largest absolute Gasteiger partial charge is 0.387 e. The first-order valence-corrected chi connectivity index (χ1v) is 8.08. The van der Waals surface area contributed by atoms with Gasteiger partial charge in [-0.15, -0.1) is 0 Å². The molecule has 1 fully saturated rings.